The van der Waals surface area contributed by atoms with E-state index in [4.69, 9.17) is 0 Å². The van der Waals surface area contributed by atoms with Crippen LogP contribution in [0.2, 0.25) is 0 Å². The van der Waals surface area contributed by atoms with Crippen molar-refractivity contribution >= 4 is 15.9 Å². The Morgan fingerprint density at radius 1 is 1.04 bits per heavy atom. The molecule has 0 aliphatic heterocycles. The molecule has 0 heterocycles. The van der Waals surface area contributed by atoms with Gasteiger partial charge in [0.1, 0.15) is 16.8 Å². The van der Waals surface area contributed by atoms with Gasteiger partial charge < -0.3 is 5.32 Å². The average Bonchev–Trinajstić information content (AvgIpc) is 2.61. The second-order valence-corrected chi connectivity index (χ2v) is 8.45. The van der Waals surface area contributed by atoms with Gasteiger partial charge in [-0.1, -0.05) is 56.3 Å². The van der Waals surface area contributed by atoms with Crippen LogP contribution in [0.15, 0.2) is 59.5 Å². The second-order valence-electron chi connectivity index (χ2n) is 6.77. The Morgan fingerprint density at radius 2 is 1.67 bits per heavy atom. The summed E-state index contributed by atoms with van der Waals surface area (Å²) in [6.45, 7) is 4.52. The minimum absolute atomic E-state index is 0.169. The van der Waals surface area contributed by atoms with Gasteiger partial charge in [0.2, 0.25) is 15.9 Å². The number of nitrogens with one attached hydrogen (secondary N) is 2. The third-order valence-corrected chi connectivity index (χ3v) is 5.55. The molecule has 0 bridgehead atoms. The quantitative estimate of drug-likeness (QED) is 0.689. The normalized spacial score (nSPS) is 12.7. The summed E-state index contributed by atoms with van der Waals surface area (Å²) >= 11 is 0. The summed E-state index contributed by atoms with van der Waals surface area (Å²) in [6, 6.07) is 13.1. The van der Waals surface area contributed by atoms with Crippen LogP contribution in [0.3, 0.4) is 0 Å². The Morgan fingerprint density at radius 3 is 2.30 bits per heavy atom. The van der Waals surface area contributed by atoms with Gasteiger partial charge >= 0.3 is 0 Å². The van der Waals surface area contributed by atoms with Gasteiger partial charge in [0.25, 0.3) is 0 Å². The van der Waals surface area contributed by atoms with Gasteiger partial charge in [-0.05, 0) is 36.5 Å². The van der Waals surface area contributed by atoms with Crippen molar-refractivity contribution in [3.05, 3.63) is 66.0 Å². The SMILES string of the molecule is CC(C)CCNC(=O)C(Cc1ccccc1)NS(=O)(=O)c1ccccc1F. The number of benzene rings is 2. The Bertz CT molecular complexity index is 855. The van der Waals surface area contributed by atoms with Crippen LogP contribution in [0.4, 0.5) is 4.39 Å². The lowest BCUT2D eigenvalue weighted by Crippen LogP contribution is -2.48. The largest absolute Gasteiger partial charge is 0.355 e. The predicted octanol–water partition coefficient (Wildman–Crippen LogP) is 2.88. The fraction of sp³-hybridized carbons (Fsp3) is 0.350. The standard InChI is InChI=1S/C20H25FN2O3S/c1-15(2)12-13-22-20(24)18(14-16-8-4-3-5-9-16)23-27(25,26)19-11-7-6-10-17(19)21/h3-11,15,18,23H,12-14H2,1-2H3,(H,22,24). The maximum absolute atomic E-state index is 13.9. The minimum atomic E-state index is -4.18. The number of hydrogen-bond donors (Lipinski definition) is 2. The summed E-state index contributed by atoms with van der Waals surface area (Å²) in [5.74, 6) is -0.879. The van der Waals surface area contributed by atoms with Crippen LogP contribution in [0.5, 0.6) is 0 Å². The number of sulfonamides is 1. The molecule has 0 saturated heterocycles. The van der Waals surface area contributed by atoms with Gasteiger partial charge in [-0.15, -0.1) is 0 Å². The molecule has 5 nitrogen and oxygen atoms in total. The van der Waals surface area contributed by atoms with E-state index < -0.39 is 32.7 Å². The van der Waals surface area contributed by atoms with Gasteiger partial charge in [0, 0.05) is 6.54 Å². The Labute approximate surface area is 160 Å². The predicted molar refractivity (Wildman–Crippen MR) is 103 cm³/mol. The maximum atomic E-state index is 13.9. The number of carbonyl (C=O) groups is 1. The molecular weight excluding hydrogens is 367 g/mol. The van der Waals surface area contributed by atoms with Gasteiger partial charge in [-0.3, -0.25) is 4.79 Å². The molecule has 27 heavy (non-hydrogen) atoms. The number of carbonyl (C=O) groups excluding carboxylic acids is 1. The molecule has 0 radical (unpaired) electrons. The summed E-state index contributed by atoms with van der Waals surface area (Å²) < 4.78 is 41.5. The molecule has 2 N–H and O–H groups in total. The van der Waals surface area contributed by atoms with Crippen LogP contribution in [0.1, 0.15) is 25.8 Å². The second kappa shape index (κ2) is 9.62. The van der Waals surface area contributed by atoms with E-state index in [9.17, 15) is 17.6 Å². The Balaban J connectivity index is 2.20. The molecule has 0 aromatic heterocycles. The van der Waals surface area contributed by atoms with Crippen LogP contribution >= 0.6 is 0 Å². The van der Waals surface area contributed by atoms with E-state index in [1.165, 1.54) is 18.2 Å². The molecule has 2 rings (SSSR count). The lowest BCUT2D eigenvalue weighted by molar-refractivity contribution is -0.122. The first-order valence-corrected chi connectivity index (χ1v) is 10.4. The topological polar surface area (TPSA) is 75.3 Å². The third kappa shape index (κ3) is 6.45. The highest BCUT2D eigenvalue weighted by Gasteiger charge is 2.27. The van der Waals surface area contributed by atoms with E-state index in [1.807, 2.05) is 44.2 Å². The van der Waals surface area contributed by atoms with Crippen LogP contribution in [-0.2, 0) is 21.2 Å². The molecule has 0 aliphatic rings. The first-order chi connectivity index (χ1) is 12.8. The highest BCUT2D eigenvalue weighted by atomic mass is 32.2. The van der Waals surface area contributed by atoms with Crippen molar-refractivity contribution in [2.24, 2.45) is 5.92 Å². The monoisotopic (exact) mass is 392 g/mol. The summed E-state index contributed by atoms with van der Waals surface area (Å²) in [5, 5.41) is 2.76. The molecule has 0 fully saturated rings. The van der Waals surface area contributed by atoms with Gasteiger partial charge in [0.15, 0.2) is 0 Å². The third-order valence-electron chi connectivity index (χ3n) is 4.04. The van der Waals surface area contributed by atoms with Crippen molar-refractivity contribution in [1.82, 2.24) is 10.0 Å². The maximum Gasteiger partial charge on any atom is 0.244 e. The van der Waals surface area contributed by atoms with E-state index in [-0.39, 0.29) is 6.42 Å². The fourth-order valence-electron chi connectivity index (χ4n) is 2.56. The van der Waals surface area contributed by atoms with Crippen LogP contribution < -0.4 is 10.0 Å². The lowest BCUT2D eigenvalue weighted by atomic mass is 10.1. The number of amides is 1. The summed E-state index contributed by atoms with van der Waals surface area (Å²) in [4.78, 5) is 12.1. The molecule has 7 heteroatoms. The number of rotatable bonds is 9. The molecule has 1 atom stereocenters. The Hall–Kier alpha value is -2.25. The van der Waals surface area contributed by atoms with Crippen molar-refractivity contribution in [2.75, 3.05) is 6.54 Å². The highest BCUT2D eigenvalue weighted by molar-refractivity contribution is 7.89. The molecule has 1 amide bonds. The van der Waals surface area contributed by atoms with Crippen LogP contribution in [-0.4, -0.2) is 26.9 Å². The smallest absolute Gasteiger partial charge is 0.244 e. The van der Waals surface area contributed by atoms with Crippen molar-refractivity contribution in [2.45, 2.75) is 37.6 Å². The fourth-order valence-corrected chi connectivity index (χ4v) is 3.83. The van der Waals surface area contributed by atoms with Crippen LogP contribution in [0.25, 0.3) is 0 Å². The molecular formula is C20H25FN2O3S. The van der Waals surface area contributed by atoms with Crippen LogP contribution in [0, 0.1) is 11.7 Å². The highest BCUT2D eigenvalue weighted by Crippen LogP contribution is 2.15. The molecule has 2 aromatic rings. The molecule has 0 saturated carbocycles. The summed E-state index contributed by atoms with van der Waals surface area (Å²) in [7, 11) is -4.18. The molecule has 0 spiro atoms. The van der Waals surface area contributed by atoms with Gasteiger partial charge in [-0.25, -0.2) is 12.8 Å². The summed E-state index contributed by atoms with van der Waals surface area (Å²) in [6.07, 6.45) is 0.950. The zero-order valence-corrected chi connectivity index (χ0v) is 16.3. The number of hydrogen-bond acceptors (Lipinski definition) is 3. The lowest BCUT2D eigenvalue weighted by Gasteiger charge is -2.19. The van der Waals surface area contributed by atoms with E-state index in [1.54, 1.807) is 0 Å². The van der Waals surface area contributed by atoms with E-state index in [2.05, 4.69) is 10.0 Å². The average molecular weight is 392 g/mol. The summed E-state index contributed by atoms with van der Waals surface area (Å²) in [5.41, 5.74) is 0.803. The zero-order valence-electron chi connectivity index (χ0n) is 15.5. The van der Waals surface area contributed by atoms with Gasteiger partial charge in [0.05, 0.1) is 0 Å². The van der Waals surface area contributed by atoms with Crippen molar-refractivity contribution in [3.63, 3.8) is 0 Å². The van der Waals surface area contributed by atoms with Crippen molar-refractivity contribution in [1.29, 1.82) is 0 Å². The Kier molecular flexibility index (Phi) is 7.50. The van der Waals surface area contributed by atoms with Crippen molar-refractivity contribution in [3.8, 4) is 0 Å². The van der Waals surface area contributed by atoms with Gasteiger partial charge in [-0.2, -0.15) is 4.72 Å². The minimum Gasteiger partial charge on any atom is -0.355 e. The van der Waals surface area contributed by atoms with E-state index in [0.29, 0.717) is 12.5 Å². The van der Waals surface area contributed by atoms with E-state index >= 15 is 0 Å². The first kappa shape index (κ1) is 21.1. The molecule has 146 valence electrons. The molecule has 2 aromatic carbocycles. The van der Waals surface area contributed by atoms with E-state index in [0.717, 1.165) is 18.1 Å². The van der Waals surface area contributed by atoms with Crippen molar-refractivity contribution < 1.29 is 17.6 Å². The first-order valence-electron chi connectivity index (χ1n) is 8.88. The molecule has 1 unspecified atom stereocenters. The number of halogens is 1. The molecule has 0 aliphatic carbocycles. The zero-order chi connectivity index (χ0) is 19.9.